The van der Waals surface area contributed by atoms with E-state index in [9.17, 15) is 4.79 Å². The lowest BCUT2D eigenvalue weighted by Gasteiger charge is -2.14. The fourth-order valence-corrected chi connectivity index (χ4v) is 2.44. The van der Waals surface area contributed by atoms with Crippen LogP contribution in [0.5, 0.6) is 0 Å². The second-order valence-corrected chi connectivity index (χ2v) is 5.77. The number of para-hydroxylation sites is 1. The Bertz CT molecular complexity index is 675. The highest BCUT2D eigenvalue weighted by Crippen LogP contribution is 2.25. The van der Waals surface area contributed by atoms with Crippen LogP contribution in [0.15, 0.2) is 36.5 Å². The topological polar surface area (TPSA) is 54.0 Å². The summed E-state index contributed by atoms with van der Waals surface area (Å²) in [6, 6.07) is 10.3. The monoisotopic (exact) mass is 295 g/mol. The first kappa shape index (κ1) is 14.6. The summed E-state index contributed by atoms with van der Waals surface area (Å²) in [5, 5.41) is 6.36. The van der Waals surface area contributed by atoms with Crippen molar-refractivity contribution in [2.24, 2.45) is 0 Å². The predicted molar refractivity (Wildman–Crippen MR) is 88.6 cm³/mol. The smallest absolute Gasteiger partial charge is 0.270 e. The van der Waals surface area contributed by atoms with Crippen LogP contribution in [0.4, 0.5) is 11.4 Å². The Labute approximate surface area is 131 Å². The molecule has 1 aliphatic rings. The molecule has 1 aromatic heterocycles. The molecule has 1 aliphatic carbocycles. The van der Waals surface area contributed by atoms with Crippen LogP contribution in [-0.2, 0) is 6.42 Å². The van der Waals surface area contributed by atoms with Crippen LogP contribution in [0.3, 0.4) is 0 Å². The SMILES string of the molecule is CCc1cccc(C)c1Nc1ccc(C(=O)NC2CC2)nc1. The molecule has 1 aromatic carbocycles. The average molecular weight is 295 g/mol. The summed E-state index contributed by atoms with van der Waals surface area (Å²) in [5.74, 6) is -0.0841. The first-order valence-corrected chi connectivity index (χ1v) is 7.80. The Morgan fingerprint density at radius 3 is 2.73 bits per heavy atom. The van der Waals surface area contributed by atoms with E-state index in [4.69, 9.17) is 0 Å². The molecule has 114 valence electrons. The van der Waals surface area contributed by atoms with E-state index in [2.05, 4.69) is 47.7 Å². The van der Waals surface area contributed by atoms with Gasteiger partial charge >= 0.3 is 0 Å². The molecule has 0 atom stereocenters. The fourth-order valence-electron chi connectivity index (χ4n) is 2.44. The molecule has 0 spiro atoms. The Morgan fingerprint density at radius 2 is 2.09 bits per heavy atom. The molecule has 4 nitrogen and oxygen atoms in total. The molecule has 0 bridgehead atoms. The zero-order valence-corrected chi connectivity index (χ0v) is 13.0. The third-order valence-corrected chi connectivity index (χ3v) is 3.92. The molecule has 1 amide bonds. The van der Waals surface area contributed by atoms with Crippen LogP contribution >= 0.6 is 0 Å². The van der Waals surface area contributed by atoms with Gasteiger partial charge in [-0.15, -0.1) is 0 Å². The summed E-state index contributed by atoms with van der Waals surface area (Å²) in [7, 11) is 0. The highest BCUT2D eigenvalue weighted by molar-refractivity contribution is 5.92. The first-order chi connectivity index (χ1) is 10.7. The van der Waals surface area contributed by atoms with E-state index < -0.39 is 0 Å². The standard InChI is InChI=1S/C18H21N3O/c1-3-13-6-4-5-12(2)17(13)20-15-9-10-16(19-11-15)18(22)21-14-7-8-14/h4-6,9-11,14,20H,3,7-8H2,1-2H3,(H,21,22). The van der Waals surface area contributed by atoms with E-state index in [0.29, 0.717) is 11.7 Å². The summed E-state index contributed by atoms with van der Waals surface area (Å²) >= 11 is 0. The zero-order chi connectivity index (χ0) is 15.5. The highest BCUT2D eigenvalue weighted by atomic mass is 16.2. The van der Waals surface area contributed by atoms with Gasteiger partial charge in [0, 0.05) is 11.7 Å². The minimum Gasteiger partial charge on any atom is -0.354 e. The van der Waals surface area contributed by atoms with Crippen molar-refractivity contribution < 1.29 is 4.79 Å². The summed E-state index contributed by atoms with van der Waals surface area (Å²) < 4.78 is 0. The number of rotatable bonds is 5. The molecule has 22 heavy (non-hydrogen) atoms. The Hall–Kier alpha value is -2.36. The van der Waals surface area contributed by atoms with E-state index in [1.165, 1.54) is 11.1 Å². The number of pyridine rings is 1. The largest absolute Gasteiger partial charge is 0.354 e. The molecular weight excluding hydrogens is 274 g/mol. The lowest BCUT2D eigenvalue weighted by atomic mass is 10.1. The Morgan fingerprint density at radius 1 is 1.27 bits per heavy atom. The Balaban J connectivity index is 1.74. The van der Waals surface area contributed by atoms with Gasteiger partial charge in [-0.25, -0.2) is 4.98 Å². The van der Waals surface area contributed by atoms with Crippen LogP contribution in [-0.4, -0.2) is 16.9 Å². The van der Waals surface area contributed by atoms with Crippen molar-refractivity contribution in [1.29, 1.82) is 0 Å². The second-order valence-electron chi connectivity index (χ2n) is 5.77. The Kier molecular flexibility index (Phi) is 4.09. The first-order valence-electron chi connectivity index (χ1n) is 7.80. The van der Waals surface area contributed by atoms with Gasteiger partial charge in [0.05, 0.1) is 11.9 Å². The molecule has 2 aromatic rings. The molecule has 0 unspecified atom stereocenters. The summed E-state index contributed by atoms with van der Waals surface area (Å²) in [4.78, 5) is 16.2. The lowest BCUT2D eigenvalue weighted by molar-refractivity contribution is 0.0946. The van der Waals surface area contributed by atoms with Gasteiger partial charge in [0.15, 0.2) is 0 Å². The van der Waals surface area contributed by atoms with Crippen molar-refractivity contribution in [2.45, 2.75) is 39.2 Å². The van der Waals surface area contributed by atoms with Crippen molar-refractivity contribution in [3.05, 3.63) is 53.3 Å². The van der Waals surface area contributed by atoms with E-state index in [0.717, 1.165) is 30.6 Å². The van der Waals surface area contributed by atoms with Gasteiger partial charge < -0.3 is 10.6 Å². The number of benzene rings is 1. The molecular formula is C18H21N3O. The van der Waals surface area contributed by atoms with Crippen molar-refractivity contribution in [3.8, 4) is 0 Å². The summed E-state index contributed by atoms with van der Waals surface area (Å²) in [6.45, 7) is 4.23. The van der Waals surface area contributed by atoms with Gasteiger partial charge in [0.1, 0.15) is 5.69 Å². The van der Waals surface area contributed by atoms with Crippen LogP contribution in [0.1, 0.15) is 41.4 Å². The van der Waals surface area contributed by atoms with Gasteiger partial charge in [-0.1, -0.05) is 25.1 Å². The van der Waals surface area contributed by atoms with Crippen molar-refractivity contribution in [3.63, 3.8) is 0 Å². The molecule has 1 fully saturated rings. The number of carbonyl (C=O) groups is 1. The van der Waals surface area contributed by atoms with E-state index in [-0.39, 0.29) is 5.91 Å². The molecule has 1 saturated carbocycles. The summed E-state index contributed by atoms with van der Waals surface area (Å²) in [6.07, 6.45) is 4.85. The van der Waals surface area contributed by atoms with Crippen LogP contribution in [0, 0.1) is 6.92 Å². The van der Waals surface area contributed by atoms with E-state index >= 15 is 0 Å². The van der Waals surface area contributed by atoms with Gasteiger partial charge in [0.25, 0.3) is 5.91 Å². The number of anilines is 2. The van der Waals surface area contributed by atoms with Gasteiger partial charge in [-0.05, 0) is 49.4 Å². The average Bonchev–Trinajstić information content (AvgIpc) is 3.34. The minimum absolute atomic E-state index is 0.0841. The van der Waals surface area contributed by atoms with Crippen molar-refractivity contribution in [1.82, 2.24) is 10.3 Å². The molecule has 1 heterocycles. The van der Waals surface area contributed by atoms with Crippen molar-refractivity contribution in [2.75, 3.05) is 5.32 Å². The molecule has 0 saturated heterocycles. The molecule has 0 radical (unpaired) electrons. The van der Waals surface area contributed by atoms with Gasteiger partial charge in [0.2, 0.25) is 0 Å². The van der Waals surface area contributed by atoms with Gasteiger partial charge in [-0.3, -0.25) is 4.79 Å². The van der Waals surface area contributed by atoms with Crippen molar-refractivity contribution >= 4 is 17.3 Å². The number of carbonyl (C=O) groups excluding carboxylic acids is 1. The molecule has 0 aliphatic heterocycles. The second kappa shape index (κ2) is 6.18. The van der Waals surface area contributed by atoms with E-state index in [1.807, 2.05) is 6.07 Å². The maximum absolute atomic E-state index is 11.9. The number of hydrogen-bond donors (Lipinski definition) is 2. The van der Waals surface area contributed by atoms with Crippen LogP contribution < -0.4 is 10.6 Å². The zero-order valence-electron chi connectivity index (χ0n) is 13.0. The molecule has 2 N–H and O–H groups in total. The number of aryl methyl sites for hydroxylation is 2. The molecule has 4 heteroatoms. The van der Waals surface area contributed by atoms with E-state index in [1.54, 1.807) is 12.3 Å². The maximum atomic E-state index is 11.9. The van der Waals surface area contributed by atoms with Crippen LogP contribution in [0.2, 0.25) is 0 Å². The van der Waals surface area contributed by atoms with Crippen LogP contribution in [0.25, 0.3) is 0 Å². The lowest BCUT2D eigenvalue weighted by Crippen LogP contribution is -2.26. The summed E-state index contributed by atoms with van der Waals surface area (Å²) in [5.41, 5.74) is 4.97. The predicted octanol–water partition coefficient (Wildman–Crippen LogP) is 3.59. The third kappa shape index (κ3) is 3.27. The number of amides is 1. The maximum Gasteiger partial charge on any atom is 0.270 e. The number of nitrogens with one attached hydrogen (secondary N) is 2. The molecule has 3 rings (SSSR count). The number of nitrogens with zero attached hydrogens (tertiary/aromatic N) is 1. The number of aromatic nitrogens is 1. The van der Waals surface area contributed by atoms with Gasteiger partial charge in [-0.2, -0.15) is 0 Å². The highest BCUT2D eigenvalue weighted by Gasteiger charge is 2.24. The fraction of sp³-hybridized carbons (Fsp3) is 0.333. The number of hydrogen-bond acceptors (Lipinski definition) is 3. The quantitative estimate of drug-likeness (QED) is 0.886. The third-order valence-electron chi connectivity index (χ3n) is 3.92. The normalized spacial score (nSPS) is 13.7. The minimum atomic E-state index is -0.0841.